The zero-order valence-electron chi connectivity index (χ0n) is 23.6. The lowest BCUT2D eigenvalue weighted by Gasteiger charge is -2.37. The fourth-order valence-corrected chi connectivity index (χ4v) is 5.61. The molecule has 224 valence electrons. The number of aryl methyl sites for hydroxylation is 1. The third kappa shape index (κ3) is 8.11. The van der Waals surface area contributed by atoms with Crippen LogP contribution in [0.4, 0.5) is 22.4 Å². The van der Waals surface area contributed by atoms with Crippen LogP contribution in [0.2, 0.25) is 0 Å². The third-order valence-corrected chi connectivity index (χ3v) is 7.62. The van der Waals surface area contributed by atoms with Crippen molar-refractivity contribution in [2.75, 3.05) is 6.61 Å². The maximum absolute atomic E-state index is 14.9. The Morgan fingerprint density at radius 1 is 0.881 bits per heavy atom. The van der Waals surface area contributed by atoms with Gasteiger partial charge in [-0.3, -0.25) is 4.79 Å². The van der Waals surface area contributed by atoms with Gasteiger partial charge in [0.2, 0.25) is 0 Å². The van der Waals surface area contributed by atoms with Gasteiger partial charge in [0.05, 0.1) is 17.7 Å². The number of halogens is 4. The van der Waals surface area contributed by atoms with Crippen molar-refractivity contribution in [2.45, 2.75) is 76.0 Å². The van der Waals surface area contributed by atoms with E-state index in [0.29, 0.717) is 31.1 Å². The molecule has 0 aliphatic heterocycles. The van der Waals surface area contributed by atoms with Gasteiger partial charge in [-0.1, -0.05) is 67.4 Å². The first-order valence-corrected chi connectivity index (χ1v) is 14.3. The number of esters is 1. The van der Waals surface area contributed by atoms with E-state index in [1.165, 1.54) is 0 Å². The minimum atomic E-state index is -4.80. The van der Waals surface area contributed by atoms with E-state index < -0.39 is 29.1 Å². The molecule has 2 amide bonds. The second-order valence-electron chi connectivity index (χ2n) is 10.7. The summed E-state index contributed by atoms with van der Waals surface area (Å²) < 4.78 is 61.7. The highest BCUT2D eigenvalue weighted by Crippen LogP contribution is 2.38. The van der Waals surface area contributed by atoms with Crippen molar-refractivity contribution in [1.29, 1.82) is 0 Å². The van der Waals surface area contributed by atoms with Gasteiger partial charge >= 0.3 is 18.2 Å². The molecule has 0 heterocycles. The summed E-state index contributed by atoms with van der Waals surface area (Å²) in [7, 11) is 0. The second-order valence-corrected chi connectivity index (χ2v) is 10.7. The molecule has 1 fully saturated rings. The van der Waals surface area contributed by atoms with Crippen molar-refractivity contribution >= 4 is 12.0 Å². The molecule has 0 saturated heterocycles. The smallest absolute Gasteiger partial charge is 0.416 e. The van der Waals surface area contributed by atoms with E-state index in [9.17, 15) is 27.2 Å². The molecule has 3 aromatic rings. The standard InChI is InChI=1S/C33H36F4N2O3/c1-2-42-30(40)17-9-13-23-12-8-14-25(18-23)32(22-24-10-4-3-5-11-24,39-31(41)38-29-15-6-7-16-29)26-19-27(33(35,36)37)21-28(34)20-26/h3-5,8,10-12,14,18-21,29H,2,6-7,9,13,15-17,22H2,1H3,(H2,38,39,41). The van der Waals surface area contributed by atoms with Crippen molar-refractivity contribution in [1.82, 2.24) is 10.6 Å². The van der Waals surface area contributed by atoms with Gasteiger partial charge in [0.25, 0.3) is 0 Å². The van der Waals surface area contributed by atoms with Gasteiger partial charge in [-0.25, -0.2) is 9.18 Å². The van der Waals surface area contributed by atoms with Crippen LogP contribution >= 0.6 is 0 Å². The minimum Gasteiger partial charge on any atom is -0.466 e. The van der Waals surface area contributed by atoms with E-state index in [2.05, 4.69) is 10.6 Å². The molecule has 0 aromatic heterocycles. The summed E-state index contributed by atoms with van der Waals surface area (Å²) in [5.41, 5.74) is -0.657. The Morgan fingerprint density at radius 2 is 1.57 bits per heavy atom. The molecule has 1 atom stereocenters. The molecule has 4 rings (SSSR count). The number of urea groups is 1. The molecule has 42 heavy (non-hydrogen) atoms. The average molecular weight is 585 g/mol. The first-order valence-electron chi connectivity index (χ1n) is 14.3. The van der Waals surface area contributed by atoms with E-state index >= 15 is 0 Å². The summed E-state index contributed by atoms with van der Waals surface area (Å²) in [5, 5.41) is 5.98. The number of nitrogens with one attached hydrogen (secondary N) is 2. The summed E-state index contributed by atoms with van der Waals surface area (Å²) in [6.45, 7) is 2.03. The van der Waals surface area contributed by atoms with E-state index in [4.69, 9.17) is 4.74 Å². The normalized spacial score (nSPS) is 15.2. The molecule has 1 aliphatic rings. The van der Waals surface area contributed by atoms with Crippen LogP contribution in [0.3, 0.4) is 0 Å². The molecule has 1 saturated carbocycles. The SMILES string of the molecule is CCOC(=O)CCCc1cccc(C(Cc2ccccc2)(NC(=O)NC2CCCC2)c2cc(F)cc(C(F)(F)F)c2)c1. The van der Waals surface area contributed by atoms with Gasteiger partial charge in [0.1, 0.15) is 5.82 Å². The quantitative estimate of drug-likeness (QED) is 0.182. The number of carbonyl (C=O) groups is 2. The lowest BCUT2D eigenvalue weighted by atomic mass is 9.76. The highest BCUT2D eigenvalue weighted by Gasteiger charge is 2.40. The molecule has 9 heteroatoms. The topological polar surface area (TPSA) is 67.4 Å². The van der Waals surface area contributed by atoms with Crippen LogP contribution in [0.1, 0.15) is 73.3 Å². The van der Waals surface area contributed by atoms with Gasteiger partial charge in [0, 0.05) is 18.9 Å². The molecule has 1 aliphatic carbocycles. The summed E-state index contributed by atoms with van der Waals surface area (Å²) in [4.78, 5) is 25.4. The van der Waals surface area contributed by atoms with Crippen molar-refractivity contribution in [2.24, 2.45) is 0 Å². The number of benzene rings is 3. The molecular formula is C33H36F4N2O3. The van der Waals surface area contributed by atoms with Crippen LogP contribution in [0.5, 0.6) is 0 Å². The summed E-state index contributed by atoms with van der Waals surface area (Å²) in [5.74, 6) is -1.36. The van der Waals surface area contributed by atoms with Crippen molar-refractivity contribution in [3.8, 4) is 0 Å². The highest BCUT2D eigenvalue weighted by molar-refractivity contribution is 5.76. The Balaban J connectivity index is 1.82. The monoisotopic (exact) mass is 584 g/mol. The fraction of sp³-hybridized carbons (Fsp3) is 0.394. The van der Waals surface area contributed by atoms with Gasteiger partial charge in [-0.15, -0.1) is 0 Å². The zero-order chi connectivity index (χ0) is 30.2. The molecule has 2 N–H and O–H groups in total. The molecule has 0 spiro atoms. The van der Waals surface area contributed by atoms with E-state index in [1.54, 1.807) is 31.2 Å². The van der Waals surface area contributed by atoms with Gasteiger partial charge < -0.3 is 15.4 Å². The van der Waals surface area contributed by atoms with Crippen LogP contribution < -0.4 is 10.6 Å². The zero-order valence-corrected chi connectivity index (χ0v) is 23.6. The molecule has 1 unspecified atom stereocenters. The summed E-state index contributed by atoms with van der Waals surface area (Å²) >= 11 is 0. The summed E-state index contributed by atoms with van der Waals surface area (Å²) in [6, 6.07) is 18.1. The van der Waals surface area contributed by atoms with Crippen LogP contribution in [0.25, 0.3) is 0 Å². The maximum atomic E-state index is 14.9. The van der Waals surface area contributed by atoms with Crippen LogP contribution in [-0.2, 0) is 34.1 Å². The Kier molecular flexibility index (Phi) is 10.2. The maximum Gasteiger partial charge on any atom is 0.416 e. The Hall–Kier alpha value is -3.88. The van der Waals surface area contributed by atoms with E-state index in [-0.39, 0.29) is 30.4 Å². The fourth-order valence-electron chi connectivity index (χ4n) is 5.61. The molecule has 0 bridgehead atoms. The number of hydrogen-bond acceptors (Lipinski definition) is 3. The van der Waals surface area contributed by atoms with Crippen molar-refractivity contribution < 1.29 is 31.9 Å². The largest absolute Gasteiger partial charge is 0.466 e. The first-order chi connectivity index (χ1) is 20.1. The van der Waals surface area contributed by atoms with Crippen LogP contribution in [-0.4, -0.2) is 24.6 Å². The first kappa shape index (κ1) is 31.1. The number of carbonyl (C=O) groups excluding carboxylic acids is 2. The second kappa shape index (κ2) is 13.9. The predicted octanol–water partition coefficient (Wildman–Crippen LogP) is 7.46. The molecule has 5 nitrogen and oxygen atoms in total. The number of ether oxygens (including phenoxy) is 1. The van der Waals surface area contributed by atoms with Crippen LogP contribution in [0, 0.1) is 5.82 Å². The van der Waals surface area contributed by atoms with Gasteiger partial charge in [0.15, 0.2) is 0 Å². The Labute approximate surface area is 243 Å². The summed E-state index contributed by atoms with van der Waals surface area (Å²) in [6.07, 6.45) is 0.0740. The molecule has 0 radical (unpaired) electrons. The van der Waals surface area contributed by atoms with Gasteiger partial charge in [-0.2, -0.15) is 13.2 Å². The van der Waals surface area contributed by atoms with Crippen LogP contribution in [0.15, 0.2) is 72.8 Å². The lowest BCUT2D eigenvalue weighted by molar-refractivity contribution is -0.143. The molecule has 3 aromatic carbocycles. The minimum absolute atomic E-state index is 0.0241. The van der Waals surface area contributed by atoms with E-state index in [0.717, 1.165) is 48.9 Å². The molecular weight excluding hydrogens is 548 g/mol. The lowest BCUT2D eigenvalue weighted by Crippen LogP contribution is -2.53. The average Bonchev–Trinajstić information content (AvgIpc) is 3.45. The number of rotatable bonds is 11. The number of alkyl halides is 3. The highest BCUT2D eigenvalue weighted by atomic mass is 19.4. The number of amides is 2. The number of hydrogen-bond donors (Lipinski definition) is 2. The van der Waals surface area contributed by atoms with E-state index in [1.807, 2.05) is 30.3 Å². The van der Waals surface area contributed by atoms with Crippen molar-refractivity contribution in [3.05, 3.63) is 106 Å². The van der Waals surface area contributed by atoms with Crippen molar-refractivity contribution in [3.63, 3.8) is 0 Å². The Morgan fingerprint density at radius 3 is 2.26 bits per heavy atom. The van der Waals surface area contributed by atoms with Gasteiger partial charge in [-0.05, 0) is 73.1 Å². The third-order valence-electron chi connectivity index (χ3n) is 7.62. The predicted molar refractivity (Wildman–Crippen MR) is 152 cm³/mol. The Bertz CT molecular complexity index is 1360.